The summed E-state index contributed by atoms with van der Waals surface area (Å²) in [7, 11) is 0. The van der Waals surface area contributed by atoms with E-state index in [-0.39, 0.29) is 16.9 Å². The minimum absolute atomic E-state index is 0.0280. The number of carbonyl (C=O) groups is 1. The summed E-state index contributed by atoms with van der Waals surface area (Å²) >= 11 is 0. The third-order valence-corrected chi connectivity index (χ3v) is 8.01. The van der Waals surface area contributed by atoms with Gasteiger partial charge in [0.15, 0.2) is 0 Å². The van der Waals surface area contributed by atoms with Gasteiger partial charge in [0.1, 0.15) is 11.6 Å². The van der Waals surface area contributed by atoms with Gasteiger partial charge in [-0.15, -0.1) is 0 Å². The molecule has 218 valence electrons. The quantitative estimate of drug-likeness (QED) is 0.362. The number of aliphatic hydroxyl groups excluding tert-OH is 1. The molecule has 2 atom stereocenters. The standard InChI is InChI=1S/C33H43N5O3/c1-22-16-24-19-30(37-22)35-13-5-6-15-41-26-9-7-8-23(17-26)18-27(38-31(24)40)28(39)21-36-33(11-12-33)29-20-25(10-14-34-29)32(2,3)4/h7-10,14,16-17,19-20,27-28,36,39H,5-6,11-13,15,18,21H2,1-4H3,(H,35,37)(H,38,40)/t27-,28+/m0/s1. The van der Waals surface area contributed by atoms with E-state index < -0.39 is 12.1 Å². The molecule has 1 aromatic carbocycles. The zero-order chi connectivity index (χ0) is 29.0. The molecule has 0 radical (unpaired) electrons. The van der Waals surface area contributed by atoms with Crippen molar-refractivity contribution in [3.63, 3.8) is 0 Å². The van der Waals surface area contributed by atoms with E-state index in [0.29, 0.717) is 31.0 Å². The fourth-order valence-corrected chi connectivity index (χ4v) is 5.32. The molecule has 8 heteroatoms. The molecule has 2 aromatic heterocycles. The number of nitrogens with one attached hydrogen (secondary N) is 3. The largest absolute Gasteiger partial charge is 0.494 e. The normalized spacial score (nSPS) is 19.8. The number of benzene rings is 1. The van der Waals surface area contributed by atoms with Crippen LogP contribution in [0.15, 0.2) is 54.7 Å². The summed E-state index contributed by atoms with van der Waals surface area (Å²) in [6.07, 6.45) is 5.27. The Labute approximate surface area is 243 Å². The third-order valence-electron chi connectivity index (χ3n) is 8.01. The zero-order valence-electron chi connectivity index (χ0n) is 24.7. The highest BCUT2D eigenvalue weighted by molar-refractivity contribution is 5.95. The lowest BCUT2D eigenvalue weighted by atomic mass is 9.86. The van der Waals surface area contributed by atoms with E-state index in [1.807, 2.05) is 37.4 Å². The molecule has 1 saturated carbocycles. The summed E-state index contributed by atoms with van der Waals surface area (Å²) in [4.78, 5) is 22.7. The third kappa shape index (κ3) is 7.43. The van der Waals surface area contributed by atoms with Gasteiger partial charge in [0.2, 0.25) is 0 Å². The van der Waals surface area contributed by atoms with Crippen molar-refractivity contribution in [2.24, 2.45) is 0 Å². The highest BCUT2D eigenvalue weighted by Gasteiger charge is 2.46. The van der Waals surface area contributed by atoms with E-state index in [1.54, 1.807) is 12.1 Å². The van der Waals surface area contributed by atoms with Crippen LogP contribution in [-0.2, 0) is 17.4 Å². The Balaban J connectivity index is 1.37. The number of fused-ring (bicyclic) bond motifs is 4. The van der Waals surface area contributed by atoms with Gasteiger partial charge in [-0.25, -0.2) is 4.98 Å². The summed E-state index contributed by atoms with van der Waals surface area (Å²) in [6.45, 7) is 10.2. The Hall–Kier alpha value is -3.49. The van der Waals surface area contributed by atoms with Crippen LogP contribution in [0.4, 0.5) is 5.82 Å². The molecule has 41 heavy (non-hydrogen) atoms. The molecular formula is C33H43N5O3. The molecule has 0 spiro atoms. The molecule has 2 aliphatic rings. The number of aromatic nitrogens is 2. The Morgan fingerprint density at radius 3 is 2.76 bits per heavy atom. The van der Waals surface area contributed by atoms with E-state index in [4.69, 9.17) is 4.74 Å². The van der Waals surface area contributed by atoms with Gasteiger partial charge < -0.3 is 25.8 Å². The summed E-state index contributed by atoms with van der Waals surface area (Å²) < 4.78 is 6.00. The number of nitrogens with zero attached hydrogens (tertiary/aromatic N) is 2. The topological polar surface area (TPSA) is 108 Å². The first-order valence-corrected chi connectivity index (χ1v) is 14.8. The number of hydrogen-bond donors (Lipinski definition) is 4. The van der Waals surface area contributed by atoms with Crippen LogP contribution in [0.1, 0.15) is 79.3 Å². The van der Waals surface area contributed by atoms with Gasteiger partial charge in [0.25, 0.3) is 5.91 Å². The number of ether oxygens (including phenoxy) is 1. The van der Waals surface area contributed by atoms with E-state index in [0.717, 1.165) is 54.9 Å². The van der Waals surface area contributed by atoms with Crippen LogP contribution in [-0.4, -0.2) is 52.8 Å². The Bertz CT molecular complexity index is 1360. The monoisotopic (exact) mass is 557 g/mol. The second-order valence-electron chi connectivity index (χ2n) is 12.5. The van der Waals surface area contributed by atoms with Gasteiger partial charge in [0.05, 0.1) is 30.0 Å². The van der Waals surface area contributed by atoms with Gasteiger partial charge in [-0.3, -0.25) is 9.78 Å². The Kier molecular flexibility index (Phi) is 8.61. The maximum atomic E-state index is 13.5. The maximum absolute atomic E-state index is 13.5. The second kappa shape index (κ2) is 12.2. The van der Waals surface area contributed by atoms with Gasteiger partial charge in [-0.05, 0) is 92.0 Å². The van der Waals surface area contributed by atoms with Crippen LogP contribution in [0.25, 0.3) is 0 Å². The van der Waals surface area contributed by atoms with E-state index in [2.05, 4.69) is 58.8 Å². The van der Waals surface area contributed by atoms with Gasteiger partial charge in [-0.2, -0.15) is 0 Å². The first kappa shape index (κ1) is 29.0. The first-order chi connectivity index (χ1) is 19.6. The summed E-state index contributed by atoms with van der Waals surface area (Å²) in [5.74, 6) is 1.24. The number of pyridine rings is 2. The van der Waals surface area contributed by atoms with Crippen molar-refractivity contribution < 1.29 is 14.6 Å². The first-order valence-electron chi connectivity index (χ1n) is 14.8. The molecule has 5 rings (SSSR count). The summed E-state index contributed by atoms with van der Waals surface area (Å²) in [6, 6.07) is 15.2. The molecule has 1 aliphatic heterocycles. The molecule has 8 nitrogen and oxygen atoms in total. The predicted octanol–water partition coefficient (Wildman–Crippen LogP) is 4.65. The minimum atomic E-state index is -0.828. The minimum Gasteiger partial charge on any atom is -0.494 e. The highest BCUT2D eigenvalue weighted by atomic mass is 16.5. The number of hydrogen-bond acceptors (Lipinski definition) is 7. The Morgan fingerprint density at radius 1 is 1.15 bits per heavy atom. The smallest absolute Gasteiger partial charge is 0.251 e. The van der Waals surface area contributed by atoms with Gasteiger partial charge in [-0.1, -0.05) is 32.9 Å². The van der Waals surface area contributed by atoms with Crippen molar-refractivity contribution in [1.82, 2.24) is 20.6 Å². The lowest BCUT2D eigenvalue weighted by Crippen LogP contribution is -2.50. The molecule has 0 unspecified atom stereocenters. The van der Waals surface area contributed by atoms with E-state index >= 15 is 0 Å². The van der Waals surface area contributed by atoms with Crippen molar-refractivity contribution in [3.8, 4) is 5.75 Å². The van der Waals surface area contributed by atoms with Crippen LogP contribution in [0, 0.1) is 6.92 Å². The molecule has 3 aromatic rings. The van der Waals surface area contributed by atoms with Gasteiger partial charge >= 0.3 is 0 Å². The molecule has 1 aliphatic carbocycles. The highest BCUT2D eigenvalue weighted by Crippen LogP contribution is 2.45. The number of rotatable bonds is 5. The summed E-state index contributed by atoms with van der Waals surface area (Å²) in [5.41, 5.74) is 4.31. The van der Waals surface area contributed by atoms with E-state index in [1.165, 1.54) is 5.56 Å². The van der Waals surface area contributed by atoms with Crippen LogP contribution < -0.4 is 20.7 Å². The van der Waals surface area contributed by atoms with E-state index in [9.17, 15) is 9.90 Å². The second-order valence-corrected chi connectivity index (χ2v) is 12.5. The Morgan fingerprint density at radius 2 is 1.98 bits per heavy atom. The number of anilines is 1. The van der Waals surface area contributed by atoms with Crippen molar-refractivity contribution in [2.45, 2.75) is 82.9 Å². The number of aryl methyl sites for hydroxylation is 1. The molecule has 1 fully saturated rings. The van der Waals surface area contributed by atoms with Crippen molar-refractivity contribution in [2.75, 3.05) is 25.0 Å². The SMILES string of the molecule is Cc1cc2cc(n1)NCCCCOc1cccc(c1)C[C@@H]([C@H](O)CNC1(c3cc(C(C)(C)C)ccn3)CC1)NC2=O. The van der Waals surface area contributed by atoms with Crippen molar-refractivity contribution in [1.29, 1.82) is 0 Å². The number of aliphatic hydroxyl groups is 1. The molecular weight excluding hydrogens is 514 g/mol. The molecule has 3 heterocycles. The average molecular weight is 558 g/mol. The van der Waals surface area contributed by atoms with Crippen molar-refractivity contribution >= 4 is 11.7 Å². The van der Waals surface area contributed by atoms with Crippen LogP contribution in [0.2, 0.25) is 0 Å². The van der Waals surface area contributed by atoms with Crippen molar-refractivity contribution in [3.05, 3.63) is 82.8 Å². The fraction of sp³-hybridized carbons (Fsp3) is 0.485. The lowest BCUT2D eigenvalue weighted by Gasteiger charge is -2.28. The zero-order valence-corrected chi connectivity index (χ0v) is 24.7. The van der Waals surface area contributed by atoms with Crippen LogP contribution >= 0.6 is 0 Å². The van der Waals surface area contributed by atoms with Crippen LogP contribution in [0.3, 0.4) is 0 Å². The summed E-state index contributed by atoms with van der Waals surface area (Å²) in [5, 5.41) is 21.6. The fourth-order valence-electron chi connectivity index (χ4n) is 5.32. The molecule has 4 N–H and O–H groups in total. The predicted molar refractivity (Wildman–Crippen MR) is 161 cm³/mol. The number of carbonyl (C=O) groups excluding carboxylic acids is 1. The lowest BCUT2D eigenvalue weighted by molar-refractivity contribution is 0.0821. The molecule has 1 amide bonds. The maximum Gasteiger partial charge on any atom is 0.251 e. The van der Waals surface area contributed by atoms with Gasteiger partial charge in [0, 0.05) is 30.5 Å². The van der Waals surface area contributed by atoms with Crippen LogP contribution in [0.5, 0.6) is 5.75 Å². The number of amides is 1. The molecule has 0 saturated heterocycles. The average Bonchev–Trinajstić information content (AvgIpc) is 3.73. The molecule has 4 bridgehead atoms.